The normalized spacial score (nSPS) is 24.7. The van der Waals surface area contributed by atoms with E-state index in [2.05, 4.69) is 41.3 Å². The van der Waals surface area contributed by atoms with Gasteiger partial charge in [0.15, 0.2) is 0 Å². The first-order valence-corrected chi connectivity index (χ1v) is 8.19. The van der Waals surface area contributed by atoms with E-state index in [0.717, 1.165) is 24.5 Å². The lowest BCUT2D eigenvalue weighted by Gasteiger charge is -2.51. The van der Waals surface area contributed by atoms with Gasteiger partial charge in [0.2, 0.25) is 0 Å². The second-order valence-electron chi connectivity index (χ2n) is 6.23. The maximum atomic E-state index is 12.3. The summed E-state index contributed by atoms with van der Waals surface area (Å²) in [6.45, 7) is 1.85. The third-order valence-corrected chi connectivity index (χ3v) is 5.34. The van der Waals surface area contributed by atoms with E-state index < -0.39 is 0 Å². The lowest BCUT2D eigenvalue weighted by molar-refractivity contribution is -0.126. The molecule has 112 valence electrons. The number of carbonyl (C=O) groups is 1. The lowest BCUT2D eigenvalue weighted by Crippen LogP contribution is -2.55. The average Bonchev–Trinajstić information content (AvgIpc) is 2.55. The molecular weight excluding hydrogens is 294 g/mol. The zero-order valence-electron chi connectivity index (χ0n) is 12.4. The Morgan fingerprint density at radius 2 is 1.68 bits per heavy atom. The van der Waals surface area contributed by atoms with Crippen molar-refractivity contribution >= 4 is 17.4 Å². The van der Waals surface area contributed by atoms with Crippen LogP contribution in [0.4, 0.5) is 0 Å². The molecule has 22 heavy (non-hydrogen) atoms. The summed E-state index contributed by atoms with van der Waals surface area (Å²) < 4.78 is 0. The zero-order valence-corrected chi connectivity index (χ0v) is 13.1. The fourth-order valence-electron chi connectivity index (χ4n) is 4.07. The Labute approximate surface area is 135 Å². The van der Waals surface area contributed by atoms with Crippen molar-refractivity contribution < 1.29 is 4.79 Å². The molecule has 0 N–H and O–H groups in total. The van der Waals surface area contributed by atoms with E-state index in [0.29, 0.717) is 18.6 Å². The molecule has 2 aliphatic rings. The molecule has 3 heteroatoms. The van der Waals surface area contributed by atoms with E-state index in [9.17, 15) is 4.79 Å². The SMILES string of the molecule is O=C1CCN2CCc3ccccc3C2(c2ccc(Cl)cc2)C1. The molecule has 1 atom stereocenters. The molecule has 2 aromatic rings. The topological polar surface area (TPSA) is 20.3 Å². The Bertz CT molecular complexity index is 724. The van der Waals surface area contributed by atoms with Crippen LogP contribution < -0.4 is 0 Å². The third-order valence-electron chi connectivity index (χ3n) is 5.09. The van der Waals surface area contributed by atoms with E-state index in [4.69, 9.17) is 11.6 Å². The largest absolute Gasteiger partial charge is 0.300 e. The van der Waals surface area contributed by atoms with Crippen LogP contribution >= 0.6 is 11.6 Å². The summed E-state index contributed by atoms with van der Waals surface area (Å²) in [5.74, 6) is 0.350. The highest BCUT2D eigenvalue weighted by Gasteiger charge is 2.47. The number of hydrogen-bond acceptors (Lipinski definition) is 2. The van der Waals surface area contributed by atoms with E-state index in [1.165, 1.54) is 16.7 Å². The summed E-state index contributed by atoms with van der Waals surface area (Å²) in [5, 5.41) is 0.734. The lowest BCUT2D eigenvalue weighted by atomic mass is 9.70. The van der Waals surface area contributed by atoms with Gasteiger partial charge in [-0.15, -0.1) is 0 Å². The van der Waals surface area contributed by atoms with Crippen molar-refractivity contribution in [2.24, 2.45) is 0 Å². The number of rotatable bonds is 1. The van der Waals surface area contributed by atoms with Gasteiger partial charge in [0, 0.05) is 31.0 Å². The monoisotopic (exact) mass is 311 g/mol. The molecule has 2 aromatic carbocycles. The Hall–Kier alpha value is -1.64. The Kier molecular flexibility index (Phi) is 3.32. The van der Waals surface area contributed by atoms with Crippen LogP contribution in [0.1, 0.15) is 29.5 Å². The van der Waals surface area contributed by atoms with Gasteiger partial charge in [-0.25, -0.2) is 0 Å². The highest BCUT2D eigenvalue weighted by molar-refractivity contribution is 6.30. The van der Waals surface area contributed by atoms with Crippen molar-refractivity contribution in [3.63, 3.8) is 0 Å². The predicted molar refractivity (Wildman–Crippen MR) is 88.2 cm³/mol. The second-order valence-corrected chi connectivity index (χ2v) is 6.66. The van der Waals surface area contributed by atoms with Gasteiger partial charge < -0.3 is 0 Å². The number of nitrogens with zero attached hydrogens (tertiary/aromatic N) is 1. The zero-order chi connectivity index (χ0) is 15.2. The van der Waals surface area contributed by atoms with Gasteiger partial charge in [0.05, 0.1) is 5.54 Å². The van der Waals surface area contributed by atoms with Crippen molar-refractivity contribution in [3.05, 3.63) is 70.2 Å². The first-order chi connectivity index (χ1) is 10.7. The van der Waals surface area contributed by atoms with Crippen molar-refractivity contribution in [2.45, 2.75) is 24.8 Å². The summed E-state index contributed by atoms with van der Waals surface area (Å²) in [4.78, 5) is 14.8. The van der Waals surface area contributed by atoms with Crippen molar-refractivity contribution in [2.75, 3.05) is 13.1 Å². The highest BCUT2D eigenvalue weighted by atomic mass is 35.5. The third kappa shape index (κ3) is 2.02. The molecule has 1 fully saturated rings. The molecular formula is C19H18ClNO. The van der Waals surface area contributed by atoms with Gasteiger partial charge in [0.1, 0.15) is 5.78 Å². The predicted octanol–water partition coefficient (Wildman–Crippen LogP) is 3.80. The van der Waals surface area contributed by atoms with Gasteiger partial charge in [-0.2, -0.15) is 0 Å². The van der Waals surface area contributed by atoms with Crippen LogP contribution in [-0.4, -0.2) is 23.8 Å². The highest BCUT2D eigenvalue weighted by Crippen LogP contribution is 2.46. The molecule has 0 saturated carbocycles. The van der Waals surface area contributed by atoms with Crippen LogP contribution in [0.15, 0.2) is 48.5 Å². The number of ketones is 1. The molecule has 0 radical (unpaired) electrons. The van der Waals surface area contributed by atoms with E-state index in [1.54, 1.807) is 0 Å². The maximum Gasteiger partial charge on any atom is 0.136 e. The molecule has 2 heterocycles. The van der Waals surface area contributed by atoms with E-state index in [1.807, 2.05) is 12.1 Å². The van der Waals surface area contributed by atoms with Gasteiger partial charge in [-0.3, -0.25) is 9.69 Å². The second kappa shape index (κ2) is 5.22. The molecule has 0 bridgehead atoms. The van der Waals surface area contributed by atoms with E-state index in [-0.39, 0.29) is 5.54 Å². The fraction of sp³-hybridized carbons (Fsp3) is 0.316. The van der Waals surface area contributed by atoms with Gasteiger partial charge in [-0.05, 0) is 35.2 Å². The van der Waals surface area contributed by atoms with Crippen molar-refractivity contribution in [3.8, 4) is 0 Å². The summed E-state index contributed by atoms with van der Waals surface area (Å²) in [5.41, 5.74) is 3.52. The Balaban J connectivity index is 1.96. The molecule has 1 unspecified atom stereocenters. The summed E-state index contributed by atoms with van der Waals surface area (Å²) in [7, 11) is 0. The fourth-order valence-corrected chi connectivity index (χ4v) is 4.19. The molecule has 0 aromatic heterocycles. The van der Waals surface area contributed by atoms with Crippen molar-refractivity contribution in [1.29, 1.82) is 0 Å². The number of carbonyl (C=O) groups excluding carboxylic acids is 1. The van der Waals surface area contributed by atoms with Crippen LogP contribution in [0.2, 0.25) is 5.02 Å². The molecule has 4 rings (SSSR count). The number of Topliss-reactive ketones (excluding diaryl/α,β-unsaturated/α-hetero) is 1. The summed E-state index contributed by atoms with van der Waals surface area (Å²) >= 11 is 6.07. The van der Waals surface area contributed by atoms with Crippen LogP contribution in [-0.2, 0) is 16.8 Å². The van der Waals surface area contributed by atoms with Gasteiger partial charge >= 0.3 is 0 Å². The van der Waals surface area contributed by atoms with Crippen LogP contribution in [0.25, 0.3) is 0 Å². The molecule has 1 saturated heterocycles. The van der Waals surface area contributed by atoms with E-state index >= 15 is 0 Å². The first-order valence-electron chi connectivity index (χ1n) is 7.81. The molecule has 2 aliphatic heterocycles. The number of piperidine rings is 1. The smallest absolute Gasteiger partial charge is 0.136 e. The number of halogens is 1. The Morgan fingerprint density at radius 3 is 2.50 bits per heavy atom. The summed E-state index contributed by atoms with van der Waals surface area (Å²) in [6, 6.07) is 16.6. The summed E-state index contributed by atoms with van der Waals surface area (Å²) in [6.07, 6.45) is 2.28. The quantitative estimate of drug-likeness (QED) is 0.798. The molecule has 0 amide bonds. The first kappa shape index (κ1) is 14.0. The van der Waals surface area contributed by atoms with Crippen LogP contribution in [0.5, 0.6) is 0 Å². The minimum atomic E-state index is -0.311. The number of hydrogen-bond donors (Lipinski definition) is 0. The van der Waals surface area contributed by atoms with Gasteiger partial charge in [0.25, 0.3) is 0 Å². The van der Waals surface area contributed by atoms with Gasteiger partial charge in [-0.1, -0.05) is 48.0 Å². The standard InChI is InChI=1S/C19H18ClNO/c20-16-7-5-15(6-8-16)19-13-17(22)10-12-21(19)11-9-14-3-1-2-4-18(14)19/h1-8H,9-13H2. The maximum absolute atomic E-state index is 12.3. The number of fused-ring (bicyclic) bond motifs is 3. The number of benzene rings is 2. The molecule has 0 spiro atoms. The minimum Gasteiger partial charge on any atom is -0.300 e. The Morgan fingerprint density at radius 1 is 0.955 bits per heavy atom. The van der Waals surface area contributed by atoms with Crippen LogP contribution in [0, 0.1) is 0 Å². The van der Waals surface area contributed by atoms with Crippen molar-refractivity contribution in [1.82, 2.24) is 4.90 Å². The molecule has 2 nitrogen and oxygen atoms in total. The van der Waals surface area contributed by atoms with Crippen LogP contribution in [0.3, 0.4) is 0 Å². The minimum absolute atomic E-state index is 0.311. The molecule has 0 aliphatic carbocycles. The average molecular weight is 312 g/mol.